The van der Waals surface area contributed by atoms with Crippen molar-refractivity contribution in [1.29, 1.82) is 0 Å². The van der Waals surface area contributed by atoms with Crippen molar-refractivity contribution in [3.8, 4) is 0 Å². The summed E-state index contributed by atoms with van der Waals surface area (Å²) in [5, 5.41) is 0. The molecule has 1 aliphatic heterocycles. The molecule has 0 aliphatic carbocycles. The number of carbonyl (C=O) groups is 1. The smallest absolute Gasteiger partial charge is 0.304 e. The Morgan fingerprint density at radius 1 is 1.57 bits per heavy atom. The van der Waals surface area contributed by atoms with Gasteiger partial charge in [-0.2, -0.15) is 8.78 Å². The molecule has 1 heterocycles. The predicted molar refractivity (Wildman–Crippen MR) is 81.5 cm³/mol. The quantitative estimate of drug-likeness (QED) is 0.426. The topological polar surface area (TPSA) is 32.7 Å². The van der Waals surface area contributed by atoms with E-state index >= 15 is 0 Å². The van der Waals surface area contributed by atoms with Crippen LogP contribution in [0.5, 0.6) is 0 Å². The first-order valence-electron chi connectivity index (χ1n) is 6.86. The summed E-state index contributed by atoms with van der Waals surface area (Å²) in [6.45, 7) is 9.33. The van der Waals surface area contributed by atoms with Gasteiger partial charge in [-0.15, -0.1) is 0 Å². The molecule has 0 spiro atoms. The monoisotopic (exact) mass is 296 g/mol. The molecule has 0 atom stereocenters. The van der Waals surface area contributed by atoms with Crippen molar-refractivity contribution in [2.24, 2.45) is 10.9 Å². The summed E-state index contributed by atoms with van der Waals surface area (Å²) >= 11 is 0. The fraction of sp³-hybridized carbons (Fsp3) is 0.500. The van der Waals surface area contributed by atoms with Crippen LogP contribution in [0.3, 0.4) is 0 Å². The van der Waals surface area contributed by atoms with E-state index in [0.717, 1.165) is 11.9 Å². The van der Waals surface area contributed by atoms with Crippen LogP contribution in [0.15, 0.2) is 40.6 Å². The molecule has 0 unspecified atom stereocenters. The van der Waals surface area contributed by atoms with Crippen LogP contribution in [0.2, 0.25) is 0 Å². The van der Waals surface area contributed by atoms with E-state index in [0.29, 0.717) is 17.7 Å². The van der Waals surface area contributed by atoms with E-state index in [4.69, 9.17) is 0 Å². The largest absolute Gasteiger partial charge is 0.354 e. The minimum atomic E-state index is -2.94. The summed E-state index contributed by atoms with van der Waals surface area (Å²) in [7, 11) is 1.59. The number of alkyl halides is 2. The number of hydrogen-bond acceptors (Lipinski definition) is 3. The second kappa shape index (κ2) is 6.78. The molecule has 0 aromatic carbocycles. The van der Waals surface area contributed by atoms with Crippen LogP contribution in [0.25, 0.3) is 0 Å². The first kappa shape index (κ1) is 17.3. The summed E-state index contributed by atoms with van der Waals surface area (Å²) in [6, 6.07) is 0. The van der Waals surface area contributed by atoms with Crippen molar-refractivity contribution in [2.45, 2.75) is 33.1 Å². The van der Waals surface area contributed by atoms with Crippen molar-refractivity contribution in [2.75, 3.05) is 13.6 Å². The molecule has 1 aliphatic rings. The molecule has 1 rings (SSSR count). The van der Waals surface area contributed by atoms with E-state index in [1.165, 1.54) is 11.1 Å². The Balaban J connectivity index is 2.99. The summed E-state index contributed by atoms with van der Waals surface area (Å²) in [4.78, 5) is 16.0. The maximum atomic E-state index is 14.1. The van der Waals surface area contributed by atoms with Gasteiger partial charge < -0.3 is 4.90 Å². The van der Waals surface area contributed by atoms with Gasteiger partial charge in [-0.1, -0.05) is 20.4 Å². The molecular formula is C16H22F2N2O. The molecule has 0 radical (unpaired) electrons. The molecule has 0 aromatic rings. The Morgan fingerprint density at radius 2 is 2.19 bits per heavy atom. The molecule has 5 heteroatoms. The lowest BCUT2D eigenvalue weighted by Crippen LogP contribution is -2.44. The van der Waals surface area contributed by atoms with E-state index in [1.807, 2.05) is 0 Å². The van der Waals surface area contributed by atoms with Gasteiger partial charge in [-0.25, -0.2) is 4.99 Å². The second-order valence-corrected chi connectivity index (χ2v) is 5.80. The number of hydrogen-bond donors (Lipinski definition) is 0. The van der Waals surface area contributed by atoms with Gasteiger partial charge in [-0.05, 0) is 35.6 Å². The number of nitrogens with zero attached hydrogens (tertiary/aromatic N) is 2. The van der Waals surface area contributed by atoms with Gasteiger partial charge in [0.15, 0.2) is 5.84 Å². The number of amidine groups is 1. The molecule has 0 amide bonds. The maximum absolute atomic E-state index is 14.1. The zero-order chi connectivity index (χ0) is 16.2. The Labute approximate surface area is 124 Å². The normalized spacial score (nSPS) is 16.7. The number of rotatable bonds is 6. The van der Waals surface area contributed by atoms with E-state index < -0.39 is 5.92 Å². The number of aliphatic imine (C=N–C) groups is 1. The van der Waals surface area contributed by atoms with Gasteiger partial charge in [0.05, 0.1) is 0 Å². The highest BCUT2D eigenvalue weighted by Gasteiger charge is 2.40. The van der Waals surface area contributed by atoms with Crippen LogP contribution >= 0.6 is 0 Å². The van der Waals surface area contributed by atoms with Crippen molar-refractivity contribution < 1.29 is 13.6 Å². The Kier molecular flexibility index (Phi) is 5.58. The highest BCUT2D eigenvalue weighted by Crippen LogP contribution is 2.29. The summed E-state index contributed by atoms with van der Waals surface area (Å²) in [5.41, 5.74) is 1.87. The summed E-state index contributed by atoms with van der Waals surface area (Å²) in [6.07, 6.45) is 3.54. The number of allylic oxidation sites excluding steroid dienone is 2. The molecule has 0 aromatic heterocycles. The van der Waals surface area contributed by atoms with E-state index in [-0.39, 0.29) is 18.2 Å². The third kappa shape index (κ3) is 4.62. The standard InChI is InChI=1S/C16H22F2N2O/c1-11(2)7-16(17,18)15-19-8-14(9-20(15)5)13(4)6-12(3)10-21/h6,8,10-11H,4,7,9H2,1-3,5H3/b12-6-. The number of aldehydes is 1. The molecule has 0 saturated carbocycles. The van der Waals surface area contributed by atoms with Crippen molar-refractivity contribution in [1.82, 2.24) is 4.90 Å². The predicted octanol–water partition coefficient (Wildman–Crippen LogP) is 3.60. The highest BCUT2D eigenvalue weighted by molar-refractivity contribution is 5.90. The molecule has 0 bridgehead atoms. The molecule has 0 saturated heterocycles. The van der Waals surface area contributed by atoms with Gasteiger partial charge in [0.1, 0.15) is 6.29 Å². The Bertz CT molecular complexity index is 516. The van der Waals surface area contributed by atoms with Gasteiger partial charge in [-0.3, -0.25) is 4.79 Å². The van der Waals surface area contributed by atoms with Gasteiger partial charge in [0.2, 0.25) is 0 Å². The number of likely N-dealkylation sites (N-methyl/N-ethyl adjacent to an activating group) is 1. The third-order valence-corrected chi connectivity index (χ3v) is 3.10. The maximum Gasteiger partial charge on any atom is 0.304 e. The SMILES string of the molecule is C=C(/C=C(/C)C=O)C1=CN=C(C(F)(F)CC(C)C)N(C)C1. The molecule has 3 nitrogen and oxygen atoms in total. The first-order valence-corrected chi connectivity index (χ1v) is 6.86. The zero-order valence-corrected chi connectivity index (χ0v) is 13.0. The van der Waals surface area contributed by atoms with Crippen LogP contribution in [0.1, 0.15) is 27.2 Å². The lowest BCUT2D eigenvalue weighted by Gasteiger charge is -2.31. The van der Waals surface area contributed by atoms with Crippen molar-refractivity contribution >= 4 is 12.1 Å². The average molecular weight is 296 g/mol. The molecule has 116 valence electrons. The Morgan fingerprint density at radius 3 is 2.67 bits per heavy atom. The van der Waals surface area contributed by atoms with Crippen LogP contribution in [0.4, 0.5) is 8.78 Å². The lowest BCUT2D eigenvalue weighted by atomic mass is 10.0. The fourth-order valence-corrected chi connectivity index (χ4v) is 2.17. The van der Waals surface area contributed by atoms with Crippen molar-refractivity contribution in [3.63, 3.8) is 0 Å². The molecule has 21 heavy (non-hydrogen) atoms. The van der Waals surface area contributed by atoms with Crippen LogP contribution < -0.4 is 0 Å². The minimum Gasteiger partial charge on any atom is -0.354 e. The minimum absolute atomic E-state index is 0.116. The van der Waals surface area contributed by atoms with Gasteiger partial charge in [0.25, 0.3) is 0 Å². The van der Waals surface area contributed by atoms with Crippen LogP contribution in [0, 0.1) is 5.92 Å². The lowest BCUT2D eigenvalue weighted by molar-refractivity contribution is -0.104. The number of halogens is 2. The van der Waals surface area contributed by atoms with Crippen LogP contribution in [-0.4, -0.2) is 36.5 Å². The van der Waals surface area contributed by atoms with Crippen LogP contribution in [-0.2, 0) is 4.79 Å². The highest BCUT2D eigenvalue weighted by atomic mass is 19.3. The van der Waals surface area contributed by atoms with Gasteiger partial charge in [0, 0.05) is 26.2 Å². The second-order valence-electron chi connectivity index (χ2n) is 5.80. The van der Waals surface area contributed by atoms with E-state index in [1.54, 1.807) is 33.9 Å². The molecule has 0 fully saturated rings. The number of carbonyl (C=O) groups excluding carboxylic acids is 1. The molecular weight excluding hydrogens is 274 g/mol. The average Bonchev–Trinajstić information content (AvgIpc) is 2.36. The Hall–Kier alpha value is -1.78. The van der Waals surface area contributed by atoms with E-state index in [9.17, 15) is 13.6 Å². The summed E-state index contributed by atoms with van der Waals surface area (Å²) < 4.78 is 28.2. The van der Waals surface area contributed by atoms with Gasteiger partial charge >= 0.3 is 5.92 Å². The first-order chi connectivity index (χ1) is 9.67. The van der Waals surface area contributed by atoms with E-state index in [2.05, 4.69) is 11.6 Å². The fourth-order valence-electron chi connectivity index (χ4n) is 2.17. The third-order valence-electron chi connectivity index (χ3n) is 3.10. The molecule has 0 N–H and O–H groups in total. The summed E-state index contributed by atoms with van der Waals surface area (Å²) in [5.74, 6) is -3.28. The zero-order valence-electron chi connectivity index (χ0n) is 13.0. The van der Waals surface area contributed by atoms with Crippen molar-refractivity contribution in [3.05, 3.63) is 35.6 Å².